The molecule has 0 aliphatic heterocycles. The van der Waals surface area contributed by atoms with Gasteiger partial charge in [-0.1, -0.05) is 57.2 Å². The van der Waals surface area contributed by atoms with E-state index in [0.717, 1.165) is 15.6 Å². The van der Waals surface area contributed by atoms with Crippen molar-refractivity contribution in [2.45, 2.75) is 39.3 Å². The van der Waals surface area contributed by atoms with Crippen LogP contribution in [0.4, 0.5) is 0 Å². The Labute approximate surface area is 128 Å². The lowest BCUT2D eigenvalue weighted by Gasteiger charge is -2.06. The lowest BCUT2D eigenvalue weighted by molar-refractivity contribution is 1.54. The van der Waals surface area contributed by atoms with Crippen molar-refractivity contribution in [1.29, 1.82) is 0 Å². The number of rotatable bonds is 0. The van der Waals surface area contributed by atoms with Gasteiger partial charge in [-0.2, -0.15) is 0 Å². The molecule has 0 nitrogen and oxygen atoms in total. The SMILES string of the molecule is C[Si](C)(C)C#Cc1cccc(C#C[Si](C)(C)C)c1Br. The van der Waals surface area contributed by atoms with Crippen molar-refractivity contribution in [1.82, 2.24) is 0 Å². The molecule has 0 aromatic heterocycles. The van der Waals surface area contributed by atoms with Gasteiger partial charge in [0, 0.05) is 15.6 Å². The van der Waals surface area contributed by atoms with Crippen molar-refractivity contribution >= 4 is 32.1 Å². The zero-order valence-electron chi connectivity index (χ0n) is 12.6. The molecule has 0 amide bonds. The van der Waals surface area contributed by atoms with E-state index in [0.29, 0.717) is 0 Å². The summed E-state index contributed by atoms with van der Waals surface area (Å²) in [4.78, 5) is 0. The highest BCUT2D eigenvalue weighted by atomic mass is 79.9. The smallest absolute Gasteiger partial charge is 0.127 e. The first-order valence-electron chi connectivity index (χ1n) is 6.43. The standard InChI is InChI=1S/C16H21BrSi2/c1-18(2,3)12-10-14-8-7-9-15(16(14)17)11-13-19(4,5)6/h7-9H,1-6H3. The number of halogens is 1. The Morgan fingerprint density at radius 3 is 1.47 bits per heavy atom. The summed E-state index contributed by atoms with van der Waals surface area (Å²) in [5.74, 6) is 6.60. The average Bonchev–Trinajstić information content (AvgIpc) is 2.23. The summed E-state index contributed by atoms with van der Waals surface area (Å²) < 4.78 is 1.03. The molecule has 3 heteroatoms. The molecule has 1 aromatic carbocycles. The molecule has 1 aromatic rings. The van der Waals surface area contributed by atoms with Crippen LogP contribution in [0.25, 0.3) is 0 Å². The molecular formula is C16H21BrSi2. The maximum absolute atomic E-state index is 3.64. The minimum atomic E-state index is -1.34. The molecule has 0 heterocycles. The number of benzene rings is 1. The van der Waals surface area contributed by atoms with Crippen LogP contribution in [0.5, 0.6) is 0 Å². The van der Waals surface area contributed by atoms with Crippen molar-refractivity contribution < 1.29 is 0 Å². The second kappa shape index (κ2) is 6.14. The van der Waals surface area contributed by atoms with E-state index in [1.807, 2.05) is 6.07 Å². The van der Waals surface area contributed by atoms with Gasteiger partial charge in [0.2, 0.25) is 0 Å². The maximum atomic E-state index is 3.64. The minimum Gasteiger partial charge on any atom is -0.127 e. The topological polar surface area (TPSA) is 0 Å². The van der Waals surface area contributed by atoms with Crippen molar-refractivity contribution in [2.24, 2.45) is 0 Å². The van der Waals surface area contributed by atoms with E-state index in [2.05, 4.69) is 90.3 Å². The second-order valence-electron chi connectivity index (χ2n) is 6.67. The summed E-state index contributed by atoms with van der Waals surface area (Å²) in [6.07, 6.45) is 0. The molecule has 100 valence electrons. The Kier molecular flexibility index (Phi) is 5.27. The zero-order chi connectivity index (χ0) is 14.7. The van der Waals surface area contributed by atoms with Gasteiger partial charge in [-0.15, -0.1) is 11.1 Å². The van der Waals surface area contributed by atoms with Gasteiger partial charge in [-0.05, 0) is 28.1 Å². The fraction of sp³-hybridized carbons (Fsp3) is 0.375. The van der Waals surface area contributed by atoms with E-state index >= 15 is 0 Å². The molecule has 0 aliphatic rings. The van der Waals surface area contributed by atoms with Crippen LogP contribution >= 0.6 is 15.9 Å². The van der Waals surface area contributed by atoms with Crippen LogP contribution in [-0.4, -0.2) is 16.1 Å². The van der Waals surface area contributed by atoms with Crippen LogP contribution in [0.15, 0.2) is 22.7 Å². The Bertz CT molecular complexity index is 531. The molecule has 0 aliphatic carbocycles. The van der Waals surface area contributed by atoms with Gasteiger partial charge in [-0.3, -0.25) is 0 Å². The lowest BCUT2D eigenvalue weighted by Crippen LogP contribution is -2.16. The molecule has 0 saturated carbocycles. The van der Waals surface area contributed by atoms with Crippen LogP contribution in [0, 0.1) is 22.9 Å². The van der Waals surface area contributed by atoms with Crippen molar-refractivity contribution in [3.63, 3.8) is 0 Å². The molecule has 0 N–H and O–H groups in total. The molecular weight excluding hydrogens is 328 g/mol. The van der Waals surface area contributed by atoms with E-state index < -0.39 is 16.1 Å². The monoisotopic (exact) mass is 348 g/mol. The van der Waals surface area contributed by atoms with Gasteiger partial charge in [-0.25, -0.2) is 0 Å². The largest absolute Gasteiger partial charge is 0.129 e. The maximum Gasteiger partial charge on any atom is 0.129 e. The van der Waals surface area contributed by atoms with Gasteiger partial charge < -0.3 is 0 Å². The lowest BCUT2D eigenvalue weighted by atomic mass is 10.1. The van der Waals surface area contributed by atoms with E-state index in [1.54, 1.807) is 0 Å². The predicted octanol–water partition coefficient (Wildman–Crippen LogP) is 4.91. The van der Waals surface area contributed by atoms with Crippen molar-refractivity contribution in [3.05, 3.63) is 33.8 Å². The second-order valence-corrected chi connectivity index (χ2v) is 17.0. The number of hydrogen-bond donors (Lipinski definition) is 0. The van der Waals surface area contributed by atoms with Crippen LogP contribution in [0.2, 0.25) is 39.3 Å². The third-order valence-electron chi connectivity index (χ3n) is 2.14. The Morgan fingerprint density at radius 1 is 0.789 bits per heavy atom. The van der Waals surface area contributed by atoms with E-state index in [1.165, 1.54) is 0 Å². The summed E-state index contributed by atoms with van der Waals surface area (Å²) in [6, 6.07) is 6.14. The first-order valence-corrected chi connectivity index (χ1v) is 14.2. The summed E-state index contributed by atoms with van der Waals surface area (Å²) in [5.41, 5.74) is 8.89. The number of hydrogen-bond acceptors (Lipinski definition) is 0. The molecule has 0 fully saturated rings. The molecule has 1 rings (SSSR count). The Hall–Kier alpha value is -0.746. The first kappa shape index (κ1) is 16.3. The van der Waals surface area contributed by atoms with Crippen LogP contribution in [0.1, 0.15) is 11.1 Å². The molecule has 0 spiro atoms. The third-order valence-corrected chi connectivity index (χ3v) is 4.75. The molecule has 0 atom stereocenters. The Balaban J connectivity index is 3.18. The summed E-state index contributed by atoms with van der Waals surface area (Å²) in [7, 11) is -2.68. The summed E-state index contributed by atoms with van der Waals surface area (Å²) in [5, 5.41) is 0. The van der Waals surface area contributed by atoms with Gasteiger partial charge in [0.05, 0.1) is 0 Å². The molecule has 0 radical (unpaired) electrons. The molecule has 0 unspecified atom stereocenters. The van der Waals surface area contributed by atoms with Gasteiger partial charge in [0.25, 0.3) is 0 Å². The normalized spacial score (nSPS) is 11.1. The molecule has 0 saturated heterocycles. The van der Waals surface area contributed by atoms with Crippen molar-refractivity contribution in [3.8, 4) is 22.9 Å². The zero-order valence-corrected chi connectivity index (χ0v) is 16.2. The van der Waals surface area contributed by atoms with E-state index in [4.69, 9.17) is 0 Å². The fourth-order valence-corrected chi connectivity index (χ4v) is 2.72. The highest BCUT2D eigenvalue weighted by Crippen LogP contribution is 2.20. The van der Waals surface area contributed by atoms with Crippen LogP contribution < -0.4 is 0 Å². The third kappa shape index (κ3) is 6.29. The van der Waals surface area contributed by atoms with E-state index in [9.17, 15) is 0 Å². The highest BCUT2D eigenvalue weighted by molar-refractivity contribution is 9.10. The van der Waals surface area contributed by atoms with Crippen LogP contribution in [-0.2, 0) is 0 Å². The highest BCUT2D eigenvalue weighted by Gasteiger charge is 2.10. The summed E-state index contributed by atoms with van der Waals surface area (Å²) in [6.45, 7) is 13.5. The van der Waals surface area contributed by atoms with Gasteiger partial charge in [0.1, 0.15) is 16.1 Å². The van der Waals surface area contributed by atoms with Crippen molar-refractivity contribution in [2.75, 3.05) is 0 Å². The summed E-state index contributed by atoms with van der Waals surface area (Å²) >= 11 is 3.64. The fourth-order valence-electron chi connectivity index (χ4n) is 1.23. The molecule has 0 bridgehead atoms. The molecule has 19 heavy (non-hydrogen) atoms. The van der Waals surface area contributed by atoms with Crippen LogP contribution in [0.3, 0.4) is 0 Å². The average molecular weight is 349 g/mol. The first-order chi connectivity index (χ1) is 8.58. The van der Waals surface area contributed by atoms with Gasteiger partial charge in [0.15, 0.2) is 0 Å². The quantitative estimate of drug-likeness (QED) is 0.461. The predicted molar refractivity (Wildman–Crippen MR) is 94.6 cm³/mol. The Morgan fingerprint density at radius 2 is 1.16 bits per heavy atom. The minimum absolute atomic E-state index is 1.03. The van der Waals surface area contributed by atoms with Gasteiger partial charge >= 0.3 is 0 Å². The van der Waals surface area contributed by atoms with E-state index in [-0.39, 0.29) is 0 Å².